The van der Waals surface area contributed by atoms with E-state index in [-0.39, 0.29) is 6.04 Å². The monoisotopic (exact) mass is 300 g/mol. The van der Waals surface area contributed by atoms with E-state index in [2.05, 4.69) is 22.4 Å². The summed E-state index contributed by atoms with van der Waals surface area (Å²) in [7, 11) is -1.69. The fraction of sp³-hybridized carbons (Fsp3) is 0.769. The van der Waals surface area contributed by atoms with E-state index in [1.807, 2.05) is 6.92 Å². The number of hydrogen-bond donors (Lipinski definition) is 2. The highest BCUT2D eigenvalue weighted by atomic mass is 32.2. The zero-order chi connectivity index (χ0) is 14.9. The van der Waals surface area contributed by atoms with Crippen LogP contribution in [0.3, 0.4) is 0 Å². The molecule has 2 atom stereocenters. The van der Waals surface area contributed by atoms with Crippen LogP contribution in [0.2, 0.25) is 0 Å². The molecule has 114 valence electrons. The standard InChI is InChI=1S/C13H24N4O2S/c1-9-5-6-17(10(2)7-9)20(18,19)13-11(3)15-16-12(13)8-14-4/h9-10,14H,5-8H2,1-4H3,(H,15,16). The van der Waals surface area contributed by atoms with Crippen LogP contribution in [0.25, 0.3) is 0 Å². The third kappa shape index (κ3) is 2.75. The molecule has 2 rings (SSSR count). The molecule has 0 saturated carbocycles. The van der Waals surface area contributed by atoms with Crippen molar-refractivity contribution in [2.75, 3.05) is 13.6 Å². The molecule has 1 aliphatic rings. The zero-order valence-corrected chi connectivity index (χ0v) is 13.4. The van der Waals surface area contributed by atoms with Gasteiger partial charge >= 0.3 is 0 Å². The van der Waals surface area contributed by atoms with Gasteiger partial charge in [-0.05, 0) is 39.7 Å². The van der Waals surface area contributed by atoms with Gasteiger partial charge < -0.3 is 5.32 Å². The van der Waals surface area contributed by atoms with Crippen molar-refractivity contribution >= 4 is 10.0 Å². The molecule has 0 amide bonds. The Labute approximate surface area is 121 Å². The summed E-state index contributed by atoms with van der Waals surface area (Å²) in [6.07, 6.45) is 1.83. The van der Waals surface area contributed by atoms with Crippen molar-refractivity contribution in [3.8, 4) is 0 Å². The van der Waals surface area contributed by atoms with E-state index in [4.69, 9.17) is 0 Å². The van der Waals surface area contributed by atoms with Crippen LogP contribution in [0.4, 0.5) is 0 Å². The van der Waals surface area contributed by atoms with Gasteiger partial charge in [-0.15, -0.1) is 0 Å². The second kappa shape index (κ2) is 5.83. The SMILES string of the molecule is CNCc1n[nH]c(C)c1S(=O)(=O)N1CCC(C)CC1C. The Kier molecular flexibility index (Phi) is 4.51. The molecule has 1 aromatic rings. The van der Waals surface area contributed by atoms with Gasteiger partial charge in [0.05, 0.1) is 11.4 Å². The molecule has 1 saturated heterocycles. The van der Waals surface area contributed by atoms with Crippen LogP contribution in [-0.4, -0.2) is 42.6 Å². The highest BCUT2D eigenvalue weighted by molar-refractivity contribution is 7.89. The minimum absolute atomic E-state index is 0.0421. The Balaban J connectivity index is 2.37. The maximum Gasteiger partial charge on any atom is 0.247 e. The van der Waals surface area contributed by atoms with E-state index in [1.165, 1.54) is 0 Å². The average molecular weight is 300 g/mol. The van der Waals surface area contributed by atoms with Crippen LogP contribution in [0, 0.1) is 12.8 Å². The van der Waals surface area contributed by atoms with Crippen LogP contribution in [0.1, 0.15) is 38.1 Å². The van der Waals surface area contributed by atoms with Gasteiger partial charge in [0.1, 0.15) is 4.90 Å². The summed E-state index contributed by atoms with van der Waals surface area (Å²) in [5.74, 6) is 0.582. The van der Waals surface area contributed by atoms with Gasteiger partial charge in [0.25, 0.3) is 0 Å². The van der Waals surface area contributed by atoms with E-state index in [0.717, 1.165) is 12.8 Å². The molecule has 1 aliphatic heterocycles. The molecular weight excluding hydrogens is 276 g/mol. The molecule has 20 heavy (non-hydrogen) atoms. The smallest absolute Gasteiger partial charge is 0.247 e. The minimum Gasteiger partial charge on any atom is -0.314 e. The number of nitrogens with zero attached hydrogens (tertiary/aromatic N) is 2. The molecular formula is C13H24N4O2S. The third-order valence-electron chi connectivity index (χ3n) is 3.95. The van der Waals surface area contributed by atoms with Gasteiger partial charge in [-0.25, -0.2) is 8.42 Å². The van der Waals surface area contributed by atoms with Gasteiger partial charge in [0.2, 0.25) is 10.0 Å². The molecule has 0 spiro atoms. The first-order chi connectivity index (χ1) is 9.37. The molecule has 7 heteroatoms. The maximum absolute atomic E-state index is 12.9. The Hall–Kier alpha value is -0.920. The lowest BCUT2D eigenvalue weighted by molar-refractivity contribution is 0.220. The van der Waals surface area contributed by atoms with Gasteiger partial charge in [-0.3, -0.25) is 5.10 Å². The quantitative estimate of drug-likeness (QED) is 0.877. The Morgan fingerprint density at radius 1 is 1.45 bits per heavy atom. The van der Waals surface area contributed by atoms with E-state index in [1.54, 1.807) is 18.3 Å². The first-order valence-electron chi connectivity index (χ1n) is 7.08. The predicted octanol–water partition coefficient (Wildman–Crippen LogP) is 1.25. The largest absolute Gasteiger partial charge is 0.314 e. The van der Waals surface area contributed by atoms with Gasteiger partial charge in [0.15, 0.2) is 0 Å². The van der Waals surface area contributed by atoms with E-state index in [0.29, 0.717) is 35.3 Å². The number of aromatic nitrogens is 2. The topological polar surface area (TPSA) is 78.1 Å². The third-order valence-corrected chi connectivity index (χ3v) is 6.17. The molecule has 2 unspecified atom stereocenters. The van der Waals surface area contributed by atoms with Crippen LogP contribution < -0.4 is 5.32 Å². The van der Waals surface area contributed by atoms with E-state index < -0.39 is 10.0 Å². The number of sulfonamides is 1. The summed E-state index contributed by atoms with van der Waals surface area (Å²) in [6.45, 7) is 6.96. The predicted molar refractivity (Wildman–Crippen MR) is 77.8 cm³/mol. The van der Waals surface area contributed by atoms with Crippen LogP contribution >= 0.6 is 0 Å². The van der Waals surface area contributed by atoms with Crippen molar-refractivity contribution in [2.45, 2.75) is 51.1 Å². The second-order valence-corrected chi connectivity index (χ2v) is 7.58. The van der Waals surface area contributed by atoms with Crippen LogP contribution in [0.5, 0.6) is 0 Å². The molecule has 0 bridgehead atoms. The lowest BCUT2D eigenvalue weighted by Crippen LogP contribution is -2.44. The fourth-order valence-corrected chi connectivity index (χ4v) is 4.95. The summed E-state index contributed by atoms with van der Waals surface area (Å²) in [4.78, 5) is 0.341. The minimum atomic E-state index is -3.48. The average Bonchev–Trinajstić information content (AvgIpc) is 2.71. The highest BCUT2D eigenvalue weighted by Gasteiger charge is 2.36. The van der Waals surface area contributed by atoms with Crippen LogP contribution in [-0.2, 0) is 16.6 Å². The van der Waals surface area contributed by atoms with Gasteiger partial charge in [-0.2, -0.15) is 9.40 Å². The second-order valence-electron chi connectivity index (χ2n) is 5.75. The summed E-state index contributed by atoms with van der Waals surface area (Å²) in [6, 6.07) is 0.0421. The summed E-state index contributed by atoms with van der Waals surface area (Å²) in [5, 5.41) is 9.87. The lowest BCUT2D eigenvalue weighted by atomic mass is 9.95. The van der Waals surface area contributed by atoms with Crippen molar-refractivity contribution in [1.29, 1.82) is 0 Å². The maximum atomic E-state index is 12.9. The zero-order valence-electron chi connectivity index (χ0n) is 12.6. The van der Waals surface area contributed by atoms with E-state index in [9.17, 15) is 8.42 Å². The molecule has 2 heterocycles. The molecule has 1 fully saturated rings. The first kappa shape index (κ1) is 15.5. The van der Waals surface area contributed by atoms with Gasteiger partial charge in [-0.1, -0.05) is 6.92 Å². The first-order valence-corrected chi connectivity index (χ1v) is 8.52. The van der Waals surface area contributed by atoms with Crippen molar-refractivity contribution in [3.05, 3.63) is 11.4 Å². The molecule has 2 N–H and O–H groups in total. The summed E-state index contributed by atoms with van der Waals surface area (Å²) < 4.78 is 27.5. The number of H-pyrrole nitrogens is 1. The Morgan fingerprint density at radius 3 is 2.75 bits per heavy atom. The highest BCUT2D eigenvalue weighted by Crippen LogP contribution is 2.30. The van der Waals surface area contributed by atoms with Crippen molar-refractivity contribution in [3.63, 3.8) is 0 Å². The van der Waals surface area contributed by atoms with E-state index >= 15 is 0 Å². The van der Waals surface area contributed by atoms with Gasteiger partial charge in [0, 0.05) is 19.1 Å². The molecule has 0 aromatic carbocycles. The molecule has 1 aromatic heterocycles. The number of aromatic amines is 1. The lowest BCUT2D eigenvalue weighted by Gasteiger charge is -2.35. The summed E-state index contributed by atoms with van der Waals surface area (Å²) >= 11 is 0. The molecule has 0 radical (unpaired) electrons. The number of aryl methyl sites for hydroxylation is 1. The normalized spacial score (nSPS) is 25.0. The van der Waals surface area contributed by atoms with Crippen molar-refractivity contribution < 1.29 is 8.42 Å². The summed E-state index contributed by atoms with van der Waals surface area (Å²) in [5.41, 5.74) is 1.18. The number of hydrogen-bond acceptors (Lipinski definition) is 4. The Morgan fingerprint density at radius 2 is 2.15 bits per heavy atom. The number of piperidine rings is 1. The molecule has 0 aliphatic carbocycles. The van der Waals surface area contributed by atoms with Crippen molar-refractivity contribution in [1.82, 2.24) is 19.8 Å². The number of nitrogens with one attached hydrogen (secondary N) is 2. The Bertz CT molecular complexity index is 567. The molecule has 6 nitrogen and oxygen atoms in total. The fourth-order valence-electron chi connectivity index (χ4n) is 2.96. The van der Waals surface area contributed by atoms with Crippen LogP contribution in [0.15, 0.2) is 4.90 Å². The number of rotatable bonds is 4. The van der Waals surface area contributed by atoms with Crippen molar-refractivity contribution in [2.24, 2.45) is 5.92 Å².